The number of aromatic nitrogens is 2. The molecule has 0 saturated heterocycles. The molecule has 3 nitrogen and oxygen atoms in total. The lowest BCUT2D eigenvalue weighted by atomic mass is 10.0. The molecule has 18 heavy (non-hydrogen) atoms. The van der Waals surface area contributed by atoms with Gasteiger partial charge in [0.2, 0.25) is 0 Å². The summed E-state index contributed by atoms with van der Waals surface area (Å²) in [6.45, 7) is 5.35. The molecule has 0 spiro atoms. The van der Waals surface area contributed by atoms with Crippen LogP contribution in [0.3, 0.4) is 0 Å². The number of benzene rings is 1. The van der Waals surface area contributed by atoms with E-state index in [9.17, 15) is 0 Å². The van der Waals surface area contributed by atoms with Crippen LogP contribution in [-0.2, 0) is 6.42 Å². The summed E-state index contributed by atoms with van der Waals surface area (Å²) in [6.07, 6.45) is 4.05. The van der Waals surface area contributed by atoms with Crippen molar-refractivity contribution >= 4 is 11.5 Å². The molecule has 96 valence electrons. The number of hydrogen-bond donors (Lipinski definition) is 1. The van der Waals surface area contributed by atoms with Gasteiger partial charge in [-0.05, 0) is 42.0 Å². The van der Waals surface area contributed by atoms with Gasteiger partial charge in [0.25, 0.3) is 0 Å². The zero-order valence-corrected chi connectivity index (χ0v) is 11.7. The van der Waals surface area contributed by atoms with Crippen molar-refractivity contribution in [3.05, 3.63) is 46.5 Å². The molecule has 0 radical (unpaired) electrons. The van der Waals surface area contributed by atoms with Crippen molar-refractivity contribution in [3.8, 4) is 0 Å². The molecule has 1 heterocycles. The van der Waals surface area contributed by atoms with Crippen molar-refractivity contribution in [2.75, 3.05) is 6.54 Å². The first-order valence-electron chi connectivity index (χ1n) is 6.44. The number of hydrogen-bond acceptors (Lipinski definition) is 4. The lowest BCUT2D eigenvalue weighted by Crippen LogP contribution is -2.22. The standard InChI is InChI=1S/C14H19N3S/c1-3-9-15-14(13-10-16-17-18-13)12-7-5-11(4-2)6-8-12/h5-8,10,14-15H,3-4,9H2,1-2H3. The Hall–Kier alpha value is -1.26. The quantitative estimate of drug-likeness (QED) is 0.868. The Bertz CT molecular complexity index is 450. The highest BCUT2D eigenvalue weighted by Gasteiger charge is 2.15. The summed E-state index contributed by atoms with van der Waals surface area (Å²) in [5.74, 6) is 0. The zero-order chi connectivity index (χ0) is 12.8. The van der Waals surface area contributed by atoms with Crippen molar-refractivity contribution < 1.29 is 0 Å². The van der Waals surface area contributed by atoms with Crippen LogP contribution in [0.25, 0.3) is 0 Å². The predicted molar refractivity (Wildman–Crippen MR) is 75.9 cm³/mol. The summed E-state index contributed by atoms with van der Waals surface area (Å²) in [7, 11) is 0. The molecule has 0 aliphatic heterocycles. The van der Waals surface area contributed by atoms with E-state index in [2.05, 4.69) is 53.0 Å². The van der Waals surface area contributed by atoms with Crippen LogP contribution in [0.2, 0.25) is 0 Å². The normalized spacial score (nSPS) is 12.6. The first-order valence-corrected chi connectivity index (χ1v) is 7.22. The highest BCUT2D eigenvalue weighted by Crippen LogP contribution is 2.24. The Balaban J connectivity index is 2.21. The third-order valence-corrected chi connectivity index (χ3v) is 3.71. The number of nitrogens with zero attached hydrogens (tertiary/aromatic N) is 2. The molecule has 0 fully saturated rings. The van der Waals surface area contributed by atoms with Crippen LogP contribution < -0.4 is 5.32 Å². The van der Waals surface area contributed by atoms with Crippen molar-refractivity contribution in [1.82, 2.24) is 14.9 Å². The van der Waals surface area contributed by atoms with Crippen LogP contribution in [0.5, 0.6) is 0 Å². The SMILES string of the molecule is CCCNC(c1ccc(CC)cc1)c1cnns1. The molecular formula is C14H19N3S. The van der Waals surface area contributed by atoms with Gasteiger partial charge in [0.1, 0.15) is 0 Å². The van der Waals surface area contributed by atoms with E-state index in [0.29, 0.717) is 0 Å². The average molecular weight is 261 g/mol. The van der Waals surface area contributed by atoms with Crippen molar-refractivity contribution in [2.24, 2.45) is 0 Å². The van der Waals surface area contributed by atoms with Crippen molar-refractivity contribution in [3.63, 3.8) is 0 Å². The first-order chi connectivity index (χ1) is 8.85. The van der Waals surface area contributed by atoms with Gasteiger partial charge in [-0.3, -0.25) is 0 Å². The van der Waals surface area contributed by atoms with E-state index in [-0.39, 0.29) is 6.04 Å². The molecule has 0 bridgehead atoms. The Morgan fingerprint density at radius 1 is 1.22 bits per heavy atom. The zero-order valence-electron chi connectivity index (χ0n) is 10.9. The Kier molecular flexibility index (Phi) is 4.84. The third-order valence-electron chi connectivity index (χ3n) is 2.98. The molecule has 2 aromatic rings. The van der Waals surface area contributed by atoms with Gasteiger partial charge >= 0.3 is 0 Å². The van der Waals surface area contributed by atoms with Gasteiger partial charge in [0.05, 0.1) is 17.1 Å². The first kappa shape index (κ1) is 13.2. The molecule has 1 aromatic heterocycles. The summed E-state index contributed by atoms with van der Waals surface area (Å²) in [4.78, 5) is 1.17. The minimum absolute atomic E-state index is 0.218. The van der Waals surface area contributed by atoms with Crippen LogP contribution in [0.15, 0.2) is 30.5 Å². The smallest absolute Gasteiger partial charge is 0.0703 e. The second-order valence-electron chi connectivity index (χ2n) is 4.30. The maximum absolute atomic E-state index is 3.96. The Labute approximate surface area is 112 Å². The molecule has 0 aliphatic carbocycles. The highest BCUT2D eigenvalue weighted by atomic mass is 32.1. The molecule has 2 rings (SSSR count). The fourth-order valence-corrected chi connectivity index (χ4v) is 2.53. The second-order valence-corrected chi connectivity index (χ2v) is 5.12. The lowest BCUT2D eigenvalue weighted by Gasteiger charge is -2.17. The van der Waals surface area contributed by atoms with Crippen LogP contribution in [-0.4, -0.2) is 16.1 Å². The maximum Gasteiger partial charge on any atom is 0.0703 e. The van der Waals surface area contributed by atoms with Gasteiger partial charge in [-0.15, -0.1) is 5.10 Å². The largest absolute Gasteiger partial charge is 0.305 e. The number of rotatable bonds is 6. The van der Waals surface area contributed by atoms with Crippen molar-refractivity contribution in [2.45, 2.75) is 32.7 Å². The monoisotopic (exact) mass is 261 g/mol. The van der Waals surface area contributed by atoms with E-state index in [4.69, 9.17) is 0 Å². The molecule has 1 atom stereocenters. The minimum atomic E-state index is 0.218. The summed E-state index contributed by atoms with van der Waals surface area (Å²) in [5.41, 5.74) is 2.65. The molecular weight excluding hydrogens is 242 g/mol. The topological polar surface area (TPSA) is 37.8 Å². The van der Waals surface area contributed by atoms with Gasteiger partial charge in [0.15, 0.2) is 0 Å². The van der Waals surface area contributed by atoms with E-state index in [1.165, 1.54) is 27.5 Å². The van der Waals surface area contributed by atoms with E-state index in [1.807, 2.05) is 6.20 Å². The van der Waals surface area contributed by atoms with Crippen LogP contribution >= 0.6 is 11.5 Å². The van der Waals surface area contributed by atoms with Crippen LogP contribution in [0, 0.1) is 0 Å². The number of aryl methyl sites for hydroxylation is 1. The van der Waals surface area contributed by atoms with Gasteiger partial charge in [-0.1, -0.05) is 42.6 Å². The molecule has 1 unspecified atom stereocenters. The number of nitrogens with one attached hydrogen (secondary N) is 1. The van der Waals surface area contributed by atoms with E-state index in [1.54, 1.807) is 0 Å². The summed E-state index contributed by atoms with van der Waals surface area (Å²) >= 11 is 1.46. The Morgan fingerprint density at radius 2 is 2.00 bits per heavy atom. The average Bonchev–Trinajstić information content (AvgIpc) is 2.94. The van der Waals surface area contributed by atoms with Gasteiger partial charge in [-0.25, -0.2) is 0 Å². The molecule has 1 N–H and O–H groups in total. The fourth-order valence-electron chi connectivity index (χ4n) is 1.92. The fraction of sp³-hybridized carbons (Fsp3) is 0.429. The minimum Gasteiger partial charge on any atom is -0.305 e. The second kappa shape index (κ2) is 6.61. The summed E-state index contributed by atoms with van der Waals surface area (Å²) in [6, 6.07) is 9.02. The van der Waals surface area contributed by atoms with E-state index in [0.717, 1.165) is 19.4 Å². The maximum atomic E-state index is 3.96. The summed E-state index contributed by atoms with van der Waals surface area (Å²) in [5, 5.41) is 7.49. The molecule has 0 saturated carbocycles. The van der Waals surface area contributed by atoms with E-state index >= 15 is 0 Å². The molecule has 0 aliphatic rings. The van der Waals surface area contributed by atoms with Gasteiger partial charge in [-0.2, -0.15) is 0 Å². The van der Waals surface area contributed by atoms with E-state index < -0.39 is 0 Å². The summed E-state index contributed by atoms with van der Waals surface area (Å²) < 4.78 is 3.96. The molecule has 1 aromatic carbocycles. The Morgan fingerprint density at radius 3 is 2.56 bits per heavy atom. The van der Waals surface area contributed by atoms with Gasteiger partial charge in [0, 0.05) is 0 Å². The van der Waals surface area contributed by atoms with Crippen LogP contribution in [0.4, 0.5) is 0 Å². The van der Waals surface area contributed by atoms with Crippen LogP contribution in [0.1, 0.15) is 42.3 Å². The lowest BCUT2D eigenvalue weighted by molar-refractivity contribution is 0.605. The molecule has 4 heteroatoms. The predicted octanol–water partition coefficient (Wildman–Crippen LogP) is 3.19. The third kappa shape index (κ3) is 3.15. The van der Waals surface area contributed by atoms with Gasteiger partial charge < -0.3 is 5.32 Å². The highest BCUT2D eigenvalue weighted by molar-refractivity contribution is 7.05. The van der Waals surface area contributed by atoms with Crippen molar-refractivity contribution in [1.29, 1.82) is 0 Å². The molecule has 0 amide bonds.